The lowest BCUT2D eigenvalue weighted by molar-refractivity contribution is -0.149. The number of ether oxygens (including phenoxy) is 2. The van der Waals surface area contributed by atoms with Crippen molar-refractivity contribution in [3.63, 3.8) is 0 Å². The van der Waals surface area contributed by atoms with Gasteiger partial charge in [-0.2, -0.15) is 0 Å². The first-order chi connectivity index (χ1) is 12.5. The molecule has 0 spiro atoms. The number of piperidine rings is 1. The molecule has 8 heteroatoms. The van der Waals surface area contributed by atoms with Gasteiger partial charge in [0.15, 0.2) is 5.96 Å². The normalized spacial score (nSPS) is 23.7. The first-order valence-electron chi connectivity index (χ1n) is 9.53. The third-order valence-corrected chi connectivity index (χ3v) is 4.72. The summed E-state index contributed by atoms with van der Waals surface area (Å²) in [4.78, 5) is 32.1. The van der Waals surface area contributed by atoms with Gasteiger partial charge in [-0.15, -0.1) is 0 Å². The van der Waals surface area contributed by atoms with E-state index in [-0.39, 0.29) is 30.4 Å². The number of likely N-dealkylation sites (N-methyl/N-ethyl adjacent to an activating group) is 1. The summed E-state index contributed by atoms with van der Waals surface area (Å²) >= 11 is 0. The number of guanidine groups is 1. The average Bonchev–Trinajstić information content (AvgIpc) is 3.15. The molecule has 2 atom stereocenters. The Morgan fingerprint density at radius 3 is 2.77 bits per heavy atom. The molecule has 0 aliphatic carbocycles. The van der Waals surface area contributed by atoms with Gasteiger partial charge in [0, 0.05) is 40.3 Å². The lowest BCUT2D eigenvalue weighted by Crippen LogP contribution is -2.50. The van der Waals surface area contributed by atoms with Crippen molar-refractivity contribution in [2.45, 2.75) is 38.7 Å². The third kappa shape index (κ3) is 6.16. The number of hydrogen-bond acceptors (Lipinski definition) is 5. The minimum atomic E-state index is -0.153. The summed E-state index contributed by atoms with van der Waals surface area (Å²) < 4.78 is 10.8. The molecular weight excluding hydrogens is 336 g/mol. The Morgan fingerprint density at radius 2 is 2.12 bits per heavy atom. The van der Waals surface area contributed by atoms with Gasteiger partial charge in [0.2, 0.25) is 5.91 Å². The molecule has 0 aromatic carbocycles. The van der Waals surface area contributed by atoms with Gasteiger partial charge in [0.05, 0.1) is 18.6 Å². The Hall–Kier alpha value is -1.83. The van der Waals surface area contributed by atoms with Crippen molar-refractivity contribution in [3.05, 3.63) is 0 Å². The predicted molar refractivity (Wildman–Crippen MR) is 98.9 cm³/mol. The number of likely N-dealkylation sites (tertiary alicyclic amines) is 1. The zero-order valence-corrected chi connectivity index (χ0v) is 16.2. The molecule has 2 fully saturated rings. The van der Waals surface area contributed by atoms with E-state index in [0.29, 0.717) is 25.7 Å². The van der Waals surface area contributed by atoms with Crippen LogP contribution in [0.3, 0.4) is 0 Å². The van der Waals surface area contributed by atoms with Crippen molar-refractivity contribution >= 4 is 17.8 Å². The summed E-state index contributed by atoms with van der Waals surface area (Å²) in [5.41, 5.74) is 0. The molecule has 1 N–H and O–H groups in total. The minimum absolute atomic E-state index is 0.0552. The SMILES string of the molecule is CCOC(=O)C1CCCN(C(=NCC(=O)N(C)C)NCC2CCCO2)C1. The first kappa shape index (κ1) is 20.5. The van der Waals surface area contributed by atoms with Gasteiger partial charge in [0.1, 0.15) is 6.54 Å². The molecule has 0 bridgehead atoms. The summed E-state index contributed by atoms with van der Waals surface area (Å²) in [7, 11) is 3.43. The van der Waals surface area contributed by atoms with Crippen molar-refractivity contribution in [3.8, 4) is 0 Å². The van der Waals surface area contributed by atoms with Crippen LogP contribution in [0.4, 0.5) is 0 Å². The maximum Gasteiger partial charge on any atom is 0.310 e. The smallest absolute Gasteiger partial charge is 0.310 e. The second kappa shape index (κ2) is 10.4. The maximum absolute atomic E-state index is 12.1. The van der Waals surface area contributed by atoms with Crippen molar-refractivity contribution in [1.82, 2.24) is 15.1 Å². The molecule has 0 saturated carbocycles. The van der Waals surface area contributed by atoms with Crippen LogP contribution in [0.1, 0.15) is 32.6 Å². The number of rotatable bonds is 6. The van der Waals surface area contributed by atoms with Gasteiger partial charge in [0.25, 0.3) is 0 Å². The van der Waals surface area contributed by atoms with Gasteiger partial charge in [-0.25, -0.2) is 4.99 Å². The van der Waals surface area contributed by atoms with Crippen LogP contribution in [0.25, 0.3) is 0 Å². The molecule has 0 aromatic heterocycles. The Kier molecular flexibility index (Phi) is 8.15. The van der Waals surface area contributed by atoms with E-state index in [0.717, 1.165) is 38.8 Å². The molecule has 2 unspecified atom stereocenters. The van der Waals surface area contributed by atoms with E-state index in [2.05, 4.69) is 15.2 Å². The summed E-state index contributed by atoms with van der Waals surface area (Å²) in [6.07, 6.45) is 4.00. The summed E-state index contributed by atoms with van der Waals surface area (Å²) in [6, 6.07) is 0. The lowest BCUT2D eigenvalue weighted by Gasteiger charge is -2.34. The monoisotopic (exact) mass is 368 g/mol. The Balaban J connectivity index is 2.01. The number of esters is 1. The Morgan fingerprint density at radius 1 is 1.31 bits per heavy atom. The van der Waals surface area contributed by atoms with E-state index in [1.807, 2.05) is 6.92 Å². The molecule has 0 aromatic rings. The second-order valence-corrected chi connectivity index (χ2v) is 6.98. The highest BCUT2D eigenvalue weighted by Gasteiger charge is 2.29. The van der Waals surface area contributed by atoms with E-state index >= 15 is 0 Å². The summed E-state index contributed by atoms with van der Waals surface area (Å²) in [5, 5.41) is 3.35. The third-order valence-electron chi connectivity index (χ3n) is 4.72. The predicted octanol–water partition coefficient (Wildman–Crippen LogP) is 0.474. The van der Waals surface area contributed by atoms with E-state index in [1.54, 1.807) is 14.1 Å². The Labute approximate surface area is 155 Å². The van der Waals surface area contributed by atoms with Crippen molar-refractivity contribution in [2.24, 2.45) is 10.9 Å². The first-order valence-corrected chi connectivity index (χ1v) is 9.53. The van der Waals surface area contributed by atoms with Crippen LogP contribution in [-0.2, 0) is 19.1 Å². The fourth-order valence-electron chi connectivity index (χ4n) is 3.18. The fourth-order valence-corrected chi connectivity index (χ4v) is 3.18. The molecule has 2 aliphatic rings. The number of aliphatic imine (C=N–C) groups is 1. The van der Waals surface area contributed by atoms with Crippen LogP contribution in [0.15, 0.2) is 4.99 Å². The Bertz CT molecular complexity index is 503. The fraction of sp³-hybridized carbons (Fsp3) is 0.833. The molecule has 26 heavy (non-hydrogen) atoms. The minimum Gasteiger partial charge on any atom is -0.466 e. The van der Waals surface area contributed by atoms with Gasteiger partial charge in [-0.1, -0.05) is 0 Å². The van der Waals surface area contributed by atoms with Gasteiger partial charge < -0.3 is 24.6 Å². The van der Waals surface area contributed by atoms with E-state index < -0.39 is 0 Å². The number of nitrogens with zero attached hydrogens (tertiary/aromatic N) is 3. The van der Waals surface area contributed by atoms with Crippen molar-refractivity contribution in [2.75, 3.05) is 53.5 Å². The lowest BCUT2D eigenvalue weighted by atomic mass is 9.98. The van der Waals surface area contributed by atoms with Crippen molar-refractivity contribution in [1.29, 1.82) is 0 Å². The standard InChI is InChI=1S/C18H32N4O4/c1-4-25-17(24)14-7-5-9-22(13-14)18(20-12-16(23)21(2)3)19-11-15-8-6-10-26-15/h14-15H,4-13H2,1-3H3,(H,19,20). The highest BCUT2D eigenvalue weighted by molar-refractivity contribution is 5.85. The highest BCUT2D eigenvalue weighted by Crippen LogP contribution is 2.18. The molecule has 2 aliphatic heterocycles. The molecule has 8 nitrogen and oxygen atoms in total. The average molecular weight is 368 g/mol. The maximum atomic E-state index is 12.1. The molecule has 0 radical (unpaired) electrons. The molecule has 2 heterocycles. The zero-order valence-electron chi connectivity index (χ0n) is 16.2. The quantitative estimate of drug-likeness (QED) is 0.417. The molecule has 1 amide bonds. The van der Waals surface area contributed by atoms with E-state index in [1.165, 1.54) is 4.90 Å². The van der Waals surface area contributed by atoms with Gasteiger partial charge in [-0.3, -0.25) is 9.59 Å². The van der Waals surface area contributed by atoms with Crippen LogP contribution in [0.2, 0.25) is 0 Å². The molecule has 148 valence electrons. The van der Waals surface area contributed by atoms with Crippen LogP contribution < -0.4 is 5.32 Å². The van der Waals surface area contributed by atoms with Crippen LogP contribution in [-0.4, -0.2) is 87.2 Å². The number of amides is 1. The topological polar surface area (TPSA) is 83.5 Å². The molecule has 2 saturated heterocycles. The van der Waals surface area contributed by atoms with E-state index in [9.17, 15) is 9.59 Å². The summed E-state index contributed by atoms with van der Waals surface area (Å²) in [6.45, 7) is 5.13. The van der Waals surface area contributed by atoms with Crippen LogP contribution in [0.5, 0.6) is 0 Å². The largest absolute Gasteiger partial charge is 0.466 e. The summed E-state index contributed by atoms with van der Waals surface area (Å²) in [5.74, 6) is 0.313. The molecular formula is C18H32N4O4. The number of carbonyl (C=O) groups is 2. The number of nitrogens with one attached hydrogen (secondary N) is 1. The second-order valence-electron chi connectivity index (χ2n) is 6.98. The van der Waals surface area contributed by atoms with Crippen molar-refractivity contribution < 1.29 is 19.1 Å². The number of hydrogen-bond donors (Lipinski definition) is 1. The zero-order chi connectivity index (χ0) is 18.9. The number of carbonyl (C=O) groups excluding carboxylic acids is 2. The van der Waals surface area contributed by atoms with Crippen LogP contribution >= 0.6 is 0 Å². The van der Waals surface area contributed by atoms with Gasteiger partial charge >= 0.3 is 5.97 Å². The highest BCUT2D eigenvalue weighted by atomic mass is 16.5. The van der Waals surface area contributed by atoms with Crippen LogP contribution in [0, 0.1) is 5.92 Å². The van der Waals surface area contributed by atoms with Gasteiger partial charge in [-0.05, 0) is 32.6 Å². The molecule has 2 rings (SSSR count). The van der Waals surface area contributed by atoms with E-state index in [4.69, 9.17) is 9.47 Å².